The fourth-order valence-corrected chi connectivity index (χ4v) is 2.55. The molecular weight excluding hydrogens is 300 g/mol. The number of ether oxygens (including phenoxy) is 1. The molecule has 2 rings (SSSR count). The average Bonchev–Trinajstić information content (AvgIpc) is 2.59. The zero-order valence-electron chi connectivity index (χ0n) is 14.7. The summed E-state index contributed by atoms with van der Waals surface area (Å²) >= 11 is 0. The lowest BCUT2D eigenvalue weighted by Gasteiger charge is -2.15. The number of aromatic nitrogens is 1. The molecule has 126 valence electrons. The number of methoxy groups -OCH3 is 1. The third-order valence-corrected chi connectivity index (χ3v) is 4.06. The molecule has 0 N–H and O–H groups in total. The molecule has 0 aliphatic carbocycles. The summed E-state index contributed by atoms with van der Waals surface area (Å²) in [5.74, 6) is 0.835. The zero-order chi connectivity index (χ0) is 17.5. The molecule has 1 aromatic heterocycles. The molecule has 1 aromatic carbocycles. The summed E-state index contributed by atoms with van der Waals surface area (Å²) in [7, 11) is 3.48. The number of aryl methyl sites for hydroxylation is 2. The number of carbonyl (C=O) groups excluding carboxylic acids is 1. The van der Waals surface area contributed by atoms with Crippen molar-refractivity contribution in [3.8, 4) is 5.75 Å². The zero-order valence-corrected chi connectivity index (χ0v) is 14.7. The number of pyridine rings is 1. The summed E-state index contributed by atoms with van der Waals surface area (Å²) in [4.78, 5) is 18.0. The molecule has 0 aliphatic heterocycles. The highest BCUT2D eigenvalue weighted by molar-refractivity contribution is 5.92. The largest absolute Gasteiger partial charge is 0.497 e. The van der Waals surface area contributed by atoms with Crippen LogP contribution >= 0.6 is 0 Å². The van der Waals surface area contributed by atoms with E-state index >= 15 is 0 Å². The Morgan fingerprint density at radius 2 is 1.83 bits per heavy atom. The van der Waals surface area contributed by atoms with Crippen LogP contribution in [0.5, 0.6) is 5.75 Å². The lowest BCUT2D eigenvalue weighted by atomic mass is 10.0. The van der Waals surface area contributed by atoms with E-state index in [0.29, 0.717) is 6.54 Å². The highest BCUT2D eigenvalue weighted by atomic mass is 16.5. The molecule has 1 amide bonds. The van der Waals surface area contributed by atoms with E-state index in [1.807, 2.05) is 51.2 Å². The Bertz CT molecular complexity index is 701. The van der Waals surface area contributed by atoms with E-state index in [2.05, 4.69) is 4.98 Å². The highest BCUT2D eigenvalue weighted by Crippen LogP contribution is 2.22. The standard InChI is InChI=1S/C20H24N2O2/c1-15-13-18(24-4)14-16(2)19(15)5-6-20(23)22(3)12-9-17-7-10-21-11-8-17/h5-8,10-11,13-14H,9,12H2,1-4H3/b6-5+. The Labute approximate surface area is 143 Å². The number of rotatable bonds is 6. The van der Waals surface area contributed by atoms with Crippen molar-refractivity contribution in [1.82, 2.24) is 9.88 Å². The first kappa shape index (κ1) is 17.7. The Morgan fingerprint density at radius 3 is 2.42 bits per heavy atom. The molecule has 4 nitrogen and oxygen atoms in total. The van der Waals surface area contributed by atoms with Gasteiger partial charge in [-0.15, -0.1) is 0 Å². The van der Waals surface area contributed by atoms with E-state index in [-0.39, 0.29) is 5.91 Å². The van der Waals surface area contributed by atoms with Crippen LogP contribution in [0, 0.1) is 13.8 Å². The van der Waals surface area contributed by atoms with Crippen LogP contribution in [0.25, 0.3) is 6.08 Å². The second kappa shape index (κ2) is 8.29. The van der Waals surface area contributed by atoms with Gasteiger partial charge in [0.15, 0.2) is 0 Å². The summed E-state index contributed by atoms with van der Waals surface area (Å²) in [5.41, 5.74) is 4.42. The minimum absolute atomic E-state index is 0.00123. The lowest BCUT2D eigenvalue weighted by Crippen LogP contribution is -2.27. The summed E-state index contributed by atoms with van der Waals surface area (Å²) in [5, 5.41) is 0. The van der Waals surface area contributed by atoms with Crippen molar-refractivity contribution < 1.29 is 9.53 Å². The molecule has 0 aliphatic rings. The van der Waals surface area contributed by atoms with Crippen molar-refractivity contribution in [2.45, 2.75) is 20.3 Å². The molecule has 0 saturated heterocycles. The maximum Gasteiger partial charge on any atom is 0.246 e. The van der Waals surface area contributed by atoms with E-state index < -0.39 is 0 Å². The smallest absolute Gasteiger partial charge is 0.246 e. The third kappa shape index (κ3) is 4.69. The quantitative estimate of drug-likeness (QED) is 0.765. The van der Waals surface area contributed by atoms with Gasteiger partial charge in [0.1, 0.15) is 5.75 Å². The SMILES string of the molecule is COc1cc(C)c(/C=C/C(=O)N(C)CCc2ccncc2)c(C)c1. The summed E-state index contributed by atoms with van der Waals surface area (Å²) < 4.78 is 5.26. The third-order valence-electron chi connectivity index (χ3n) is 4.06. The van der Waals surface area contributed by atoms with Crippen molar-refractivity contribution in [2.75, 3.05) is 20.7 Å². The fraction of sp³-hybridized carbons (Fsp3) is 0.300. The van der Waals surface area contributed by atoms with Crippen molar-refractivity contribution in [1.29, 1.82) is 0 Å². The average molecular weight is 324 g/mol. The van der Waals surface area contributed by atoms with Gasteiger partial charge in [0, 0.05) is 32.1 Å². The molecule has 0 unspecified atom stereocenters. The molecule has 0 saturated carbocycles. The van der Waals surface area contributed by atoms with Gasteiger partial charge in [-0.05, 0) is 72.9 Å². The first-order chi connectivity index (χ1) is 11.5. The second-order valence-electron chi connectivity index (χ2n) is 5.87. The Balaban J connectivity index is 1.99. The van der Waals surface area contributed by atoms with Crippen LogP contribution in [-0.4, -0.2) is 36.5 Å². The van der Waals surface area contributed by atoms with Crippen LogP contribution < -0.4 is 4.74 Å². The minimum atomic E-state index is -0.00123. The van der Waals surface area contributed by atoms with Gasteiger partial charge in [-0.3, -0.25) is 9.78 Å². The van der Waals surface area contributed by atoms with Gasteiger partial charge in [-0.1, -0.05) is 0 Å². The van der Waals surface area contributed by atoms with Crippen LogP contribution in [0.2, 0.25) is 0 Å². The van der Waals surface area contributed by atoms with Crippen molar-refractivity contribution in [2.24, 2.45) is 0 Å². The van der Waals surface area contributed by atoms with Gasteiger partial charge < -0.3 is 9.64 Å². The van der Waals surface area contributed by atoms with Gasteiger partial charge in [0.2, 0.25) is 5.91 Å². The first-order valence-corrected chi connectivity index (χ1v) is 7.98. The van der Waals surface area contributed by atoms with Crippen molar-refractivity contribution in [3.63, 3.8) is 0 Å². The molecule has 0 radical (unpaired) electrons. The Kier molecular flexibility index (Phi) is 6.13. The number of carbonyl (C=O) groups is 1. The van der Waals surface area contributed by atoms with E-state index in [1.165, 1.54) is 5.56 Å². The summed E-state index contributed by atoms with van der Waals surface area (Å²) in [6.07, 6.45) is 7.88. The van der Waals surface area contributed by atoms with E-state index in [1.54, 1.807) is 30.5 Å². The van der Waals surface area contributed by atoms with Gasteiger partial charge in [-0.25, -0.2) is 0 Å². The van der Waals surface area contributed by atoms with Crippen molar-refractivity contribution in [3.05, 3.63) is 65.0 Å². The predicted molar refractivity (Wildman–Crippen MR) is 97.1 cm³/mol. The number of hydrogen-bond acceptors (Lipinski definition) is 3. The fourth-order valence-electron chi connectivity index (χ4n) is 2.55. The molecule has 2 aromatic rings. The maximum absolute atomic E-state index is 12.3. The number of amides is 1. The number of hydrogen-bond donors (Lipinski definition) is 0. The van der Waals surface area contributed by atoms with E-state index in [4.69, 9.17) is 4.74 Å². The molecule has 0 atom stereocenters. The van der Waals surface area contributed by atoms with Crippen LogP contribution in [0.4, 0.5) is 0 Å². The monoisotopic (exact) mass is 324 g/mol. The van der Waals surface area contributed by atoms with Crippen LogP contribution in [-0.2, 0) is 11.2 Å². The molecule has 1 heterocycles. The van der Waals surface area contributed by atoms with Crippen LogP contribution in [0.3, 0.4) is 0 Å². The minimum Gasteiger partial charge on any atom is -0.497 e. The highest BCUT2D eigenvalue weighted by Gasteiger charge is 2.07. The van der Waals surface area contributed by atoms with E-state index in [9.17, 15) is 4.79 Å². The second-order valence-corrected chi connectivity index (χ2v) is 5.87. The normalized spacial score (nSPS) is 10.8. The first-order valence-electron chi connectivity index (χ1n) is 7.98. The Morgan fingerprint density at radius 1 is 1.21 bits per heavy atom. The molecule has 24 heavy (non-hydrogen) atoms. The van der Waals surface area contributed by atoms with E-state index in [0.717, 1.165) is 28.9 Å². The molecular formula is C20H24N2O2. The molecule has 4 heteroatoms. The van der Waals surface area contributed by atoms with Gasteiger partial charge in [0.25, 0.3) is 0 Å². The maximum atomic E-state index is 12.3. The topological polar surface area (TPSA) is 42.4 Å². The van der Waals surface area contributed by atoms with Gasteiger partial charge in [-0.2, -0.15) is 0 Å². The predicted octanol–water partition coefficient (Wildman–Crippen LogP) is 3.42. The molecule has 0 spiro atoms. The summed E-state index contributed by atoms with van der Waals surface area (Å²) in [6, 6.07) is 7.89. The number of nitrogens with zero attached hydrogens (tertiary/aromatic N) is 2. The molecule has 0 bridgehead atoms. The Hall–Kier alpha value is -2.62. The lowest BCUT2D eigenvalue weighted by molar-refractivity contribution is -0.124. The van der Waals surface area contributed by atoms with Crippen LogP contribution in [0.1, 0.15) is 22.3 Å². The van der Waals surface area contributed by atoms with Crippen molar-refractivity contribution >= 4 is 12.0 Å². The van der Waals surface area contributed by atoms with Gasteiger partial charge in [0.05, 0.1) is 7.11 Å². The number of likely N-dealkylation sites (N-methyl/N-ethyl adjacent to an activating group) is 1. The van der Waals surface area contributed by atoms with Gasteiger partial charge >= 0.3 is 0 Å². The molecule has 0 fully saturated rings. The van der Waals surface area contributed by atoms with Crippen LogP contribution in [0.15, 0.2) is 42.7 Å². The summed E-state index contributed by atoms with van der Waals surface area (Å²) in [6.45, 7) is 4.72. The number of benzene rings is 1.